The lowest BCUT2D eigenvalue weighted by atomic mass is 10.1. The minimum Gasteiger partial charge on any atom is -0.374 e. The minimum absolute atomic E-state index is 0.127. The van der Waals surface area contributed by atoms with Crippen LogP contribution in [0.2, 0.25) is 0 Å². The molecule has 0 radical (unpaired) electrons. The van der Waals surface area contributed by atoms with Gasteiger partial charge in [-0.05, 0) is 24.5 Å². The van der Waals surface area contributed by atoms with E-state index >= 15 is 0 Å². The van der Waals surface area contributed by atoms with Crippen LogP contribution in [0.5, 0.6) is 0 Å². The van der Waals surface area contributed by atoms with Crippen LogP contribution in [0.3, 0.4) is 0 Å². The van der Waals surface area contributed by atoms with E-state index in [1.54, 1.807) is 18.6 Å². The van der Waals surface area contributed by atoms with Gasteiger partial charge in [0.15, 0.2) is 0 Å². The normalized spacial score (nSPS) is 20.2. The Kier molecular flexibility index (Phi) is 5.99. The first-order valence-corrected chi connectivity index (χ1v) is 10.1. The second kappa shape index (κ2) is 8.81. The molecule has 2 aromatic heterocycles. The molecule has 0 spiro atoms. The molecule has 2 aliphatic rings. The molecular formula is C20H28N6O2. The quantitative estimate of drug-likeness (QED) is 0.862. The number of carbonyl (C=O) groups is 1. The van der Waals surface area contributed by atoms with E-state index < -0.39 is 6.23 Å². The standard InChI is InChI=1S/C20H28N6O2/c27-19(24-7-2-1-3-8-24)18-14-22-26(16-18)20(28)25-11-9-23(10-12-25)15-17-5-4-6-21-13-17/h4-6,13-14,16,19,27H,1-3,7-12,15H2/t19-/m1/s1. The van der Waals surface area contributed by atoms with E-state index in [0.29, 0.717) is 18.7 Å². The van der Waals surface area contributed by atoms with Crippen molar-refractivity contribution in [2.75, 3.05) is 39.3 Å². The van der Waals surface area contributed by atoms with E-state index in [1.807, 2.05) is 22.1 Å². The van der Waals surface area contributed by atoms with Gasteiger partial charge in [0.2, 0.25) is 0 Å². The Bertz CT molecular complexity index is 766. The average Bonchev–Trinajstić information content (AvgIpc) is 3.25. The SMILES string of the molecule is O=C(N1CCN(Cc2cccnc2)CC1)n1cc([C@@H](O)N2CCCCC2)cn1. The Morgan fingerprint density at radius 2 is 1.86 bits per heavy atom. The zero-order valence-electron chi connectivity index (χ0n) is 16.2. The average molecular weight is 384 g/mol. The van der Waals surface area contributed by atoms with Crippen LogP contribution in [0.4, 0.5) is 4.79 Å². The van der Waals surface area contributed by atoms with Crippen LogP contribution in [-0.2, 0) is 6.54 Å². The molecule has 4 heterocycles. The Hall–Kier alpha value is -2.29. The Labute approximate surface area is 165 Å². The van der Waals surface area contributed by atoms with Crippen molar-refractivity contribution in [1.29, 1.82) is 0 Å². The molecule has 0 bridgehead atoms. The molecule has 0 unspecified atom stereocenters. The Balaban J connectivity index is 1.31. The predicted octanol–water partition coefficient (Wildman–Crippen LogP) is 1.54. The molecule has 1 N–H and O–H groups in total. The van der Waals surface area contributed by atoms with Crippen molar-refractivity contribution in [3.8, 4) is 0 Å². The predicted molar refractivity (Wildman–Crippen MR) is 104 cm³/mol. The molecule has 28 heavy (non-hydrogen) atoms. The third kappa shape index (κ3) is 4.40. The molecule has 4 rings (SSSR count). The van der Waals surface area contributed by atoms with Crippen LogP contribution >= 0.6 is 0 Å². The van der Waals surface area contributed by atoms with Gasteiger partial charge in [0.1, 0.15) is 6.23 Å². The highest BCUT2D eigenvalue weighted by Crippen LogP contribution is 2.22. The van der Waals surface area contributed by atoms with Crippen LogP contribution < -0.4 is 0 Å². The number of hydrogen-bond acceptors (Lipinski definition) is 6. The maximum atomic E-state index is 12.8. The fraction of sp³-hybridized carbons (Fsp3) is 0.550. The summed E-state index contributed by atoms with van der Waals surface area (Å²) < 4.78 is 1.36. The first-order chi connectivity index (χ1) is 13.7. The van der Waals surface area contributed by atoms with Crippen LogP contribution in [0.15, 0.2) is 36.9 Å². The van der Waals surface area contributed by atoms with Crippen molar-refractivity contribution in [2.24, 2.45) is 0 Å². The summed E-state index contributed by atoms with van der Waals surface area (Å²) in [7, 11) is 0. The van der Waals surface area contributed by atoms with Gasteiger partial charge in [-0.15, -0.1) is 0 Å². The van der Waals surface area contributed by atoms with Crippen LogP contribution in [0.1, 0.15) is 36.6 Å². The monoisotopic (exact) mass is 384 g/mol. The summed E-state index contributed by atoms with van der Waals surface area (Å²) in [5.41, 5.74) is 1.87. The van der Waals surface area contributed by atoms with Gasteiger partial charge in [-0.2, -0.15) is 9.78 Å². The van der Waals surface area contributed by atoms with Crippen molar-refractivity contribution >= 4 is 6.03 Å². The van der Waals surface area contributed by atoms with Crippen molar-refractivity contribution in [1.82, 2.24) is 29.5 Å². The van der Waals surface area contributed by atoms with E-state index in [4.69, 9.17) is 0 Å². The summed E-state index contributed by atoms with van der Waals surface area (Å²) in [6.45, 7) is 5.62. The smallest absolute Gasteiger partial charge is 0.344 e. The molecule has 8 nitrogen and oxygen atoms in total. The fourth-order valence-corrected chi connectivity index (χ4v) is 3.94. The number of amides is 1. The molecule has 2 fully saturated rings. The molecule has 150 valence electrons. The maximum absolute atomic E-state index is 12.8. The van der Waals surface area contributed by atoms with Gasteiger partial charge in [0.05, 0.1) is 6.20 Å². The van der Waals surface area contributed by atoms with Gasteiger partial charge in [0, 0.05) is 70.0 Å². The van der Waals surface area contributed by atoms with Crippen LogP contribution in [0, 0.1) is 0 Å². The van der Waals surface area contributed by atoms with Crippen LogP contribution in [-0.4, -0.2) is 79.9 Å². The van der Waals surface area contributed by atoms with E-state index in [9.17, 15) is 9.90 Å². The van der Waals surface area contributed by atoms with Crippen molar-refractivity contribution < 1.29 is 9.90 Å². The van der Waals surface area contributed by atoms with E-state index in [2.05, 4.69) is 21.0 Å². The van der Waals surface area contributed by atoms with E-state index in [1.165, 1.54) is 16.7 Å². The molecule has 2 saturated heterocycles. The third-order valence-electron chi connectivity index (χ3n) is 5.61. The Morgan fingerprint density at radius 3 is 2.57 bits per heavy atom. The van der Waals surface area contributed by atoms with Crippen molar-refractivity contribution in [2.45, 2.75) is 32.0 Å². The lowest BCUT2D eigenvalue weighted by Crippen LogP contribution is -2.49. The van der Waals surface area contributed by atoms with E-state index in [-0.39, 0.29) is 6.03 Å². The minimum atomic E-state index is -0.682. The number of piperidine rings is 1. The number of likely N-dealkylation sites (tertiary alicyclic amines) is 1. The number of carbonyl (C=O) groups excluding carboxylic acids is 1. The van der Waals surface area contributed by atoms with Gasteiger partial charge in [0.25, 0.3) is 0 Å². The fourth-order valence-electron chi connectivity index (χ4n) is 3.94. The first-order valence-electron chi connectivity index (χ1n) is 10.1. The summed E-state index contributed by atoms with van der Waals surface area (Å²) in [5, 5.41) is 14.8. The highest BCUT2D eigenvalue weighted by Gasteiger charge is 2.25. The van der Waals surface area contributed by atoms with Gasteiger partial charge in [-0.25, -0.2) is 4.79 Å². The highest BCUT2D eigenvalue weighted by atomic mass is 16.3. The number of nitrogens with zero attached hydrogens (tertiary/aromatic N) is 6. The summed E-state index contributed by atoms with van der Waals surface area (Å²) in [6.07, 6.45) is 9.68. The summed E-state index contributed by atoms with van der Waals surface area (Å²) in [6, 6.07) is 3.89. The number of aliphatic hydroxyl groups is 1. The third-order valence-corrected chi connectivity index (χ3v) is 5.61. The molecule has 8 heteroatoms. The second-order valence-corrected chi connectivity index (χ2v) is 7.60. The van der Waals surface area contributed by atoms with E-state index in [0.717, 1.165) is 45.6 Å². The zero-order valence-corrected chi connectivity index (χ0v) is 16.2. The topological polar surface area (TPSA) is 77.7 Å². The number of rotatable bonds is 4. The van der Waals surface area contributed by atoms with Gasteiger partial charge >= 0.3 is 6.03 Å². The summed E-state index contributed by atoms with van der Waals surface area (Å²) >= 11 is 0. The molecule has 0 aromatic carbocycles. The lowest BCUT2D eigenvalue weighted by molar-refractivity contribution is -0.00985. The number of aliphatic hydroxyl groups excluding tert-OH is 1. The van der Waals surface area contributed by atoms with Gasteiger partial charge < -0.3 is 10.0 Å². The highest BCUT2D eigenvalue weighted by molar-refractivity contribution is 5.76. The number of hydrogen-bond donors (Lipinski definition) is 1. The first kappa shape index (κ1) is 19.0. The molecular weight excluding hydrogens is 356 g/mol. The maximum Gasteiger partial charge on any atom is 0.344 e. The van der Waals surface area contributed by atoms with Crippen molar-refractivity contribution in [3.63, 3.8) is 0 Å². The lowest BCUT2D eigenvalue weighted by Gasteiger charge is -2.34. The number of aromatic nitrogens is 3. The second-order valence-electron chi connectivity index (χ2n) is 7.60. The molecule has 2 aliphatic heterocycles. The number of piperazine rings is 1. The van der Waals surface area contributed by atoms with Crippen molar-refractivity contribution in [3.05, 3.63) is 48.0 Å². The molecule has 1 atom stereocenters. The molecule has 2 aromatic rings. The van der Waals surface area contributed by atoms with Gasteiger partial charge in [-0.1, -0.05) is 12.5 Å². The molecule has 0 aliphatic carbocycles. The zero-order chi connectivity index (χ0) is 19.3. The summed E-state index contributed by atoms with van der Waals surface area (Å²) in [5.74, 6) is 0. The largest absolute Gasteiger partial charge is 0.374 e. The number of pyridine rings is 1. The van der Waals surface area contributed by atoms with Gasteiger partial charge in [-0.3, -0.25) is 14.8 Å². The summed E-state index contributed by atoms with van der Waals surface area (Å²) in [4.78, 5) is 23.1. The molecule has 1 amide bonds. The van der Waals surface area contributed by atoms with Crippen LogP contribution in [0.25, 0.3) is 0 Å². The molecule has 0 saturated carbocycles. The Morgan fingerprint density at radius 1 is 1.07 bits per heavy atom.